The lowest BCUT2D eigenvalue weighted by atomic mass is 9.98. The second kappa shape index (κ2) is 12.6. The van der Waals surface area contributed by atoms with E-state index >= 15 is 0 Å². The SMILES string of the molecule is c1ccc(-c2cccc(N(c3ccc(-c4ccc5c(ccc6oc7ccccc7c65)c4)cc3)c3cccc4c5ccccc5n(-c5ccccc5)c34)c2)cc1. The summed E-state index contributed by atoms with van der Waals surface area (Å²) in [5.41, 5.74) is 13.3. The molecule has 9 aromatic carbocycles. The molecule has 0 aliphatic rings. The van der Waals surface area contributed by atoms with E-state index in [9.17, 15) is 0 Å². The Labute approximate surface area is 318 Å². The Morgan fingerprint density at radius 2 is 1.04 bits per heavy atom. The molecule has 258 valence electrons. The highest BCUT2D eigenvalue weighted by Gasteiger charge is 2.22. The minimum atomic E-state index is 0.920. The summed E-state index contributed by atoms with van der Waals surface area (Å²) in [5.74, 6) is 0. The zero-order valence-corrected chi connectivity index (χ0v) is 29.9. The number of hydrogen-bond donors (Lipinski definition) is 0. The molecule has 0 N–H and O–H groups in total. The standard InChI is InChI=1S/C52H34N2O/c1-3-13-35(14-4-1)37-15-11-18-42(34-37)53(48-23-12-21-45-44-19-7-9-22-47(44)54(52(45)48)40-16-5-2-6-17-40)41-29-25-36(26-30-41)38-27-31-43-39(33-38)28-32-50-51(43)46-20-8-10-24-49(46)55-50/h1-34H. The van der Waals surface area contributed by atoms with E-state index in [0.29, 0.717) is 0 Å². The van der Waals surface area contributed by atoms with Gasteiger partial charge in [-0.15, -0.1) is 0 Å². The minimum absolute atomic E-state index is 0.920. The Balaban J connectivity index is 1.09. The van der Waals surface area contributed by atoms with Crippen LogP contribution in [0.25, 0.3) is 82.5 Å². The minimum Gasteiger partial charge on any atom is -0.456 e. The fourth-order valence-corrected chi connectivity index (χ4v) is 8.44. The van der Waals surface area contributed by atoms with E-state index in [1.165, 1.54) is 49.1 Å². The molecule has 0 spiro atoms. The number of nitrogens with zero attached hydrogens (tertiary/aromatic N) is 2. The molecule has 2 aromatic heterocycles. The summed E-state index contributed by atoms with van der Waals surface area (Å²) in [6.07, 6.45) is 0. The van der Waals surface area contributed by atoms with Gasteiger partial charge < -0.3 is 13.9 Å². The van der Waals surface area contributed by atoms with Gasteiger partial charge in [0.2, 0.25) is 0 Å². The van der Waals surface area contributed by atoms with E-state index in [1.54, 1.807) is 0 Å². The monoisotopic (exact) mass is 702 g/mol. The first kappa shape index (κ1) is 31.2. The number of rotatable bonds is 6. The molecule has 0 aliphatic carbocycles. The lowest BCUT2D eigenvalue weighted by Crippen LogP contribution is -2.11. The van der Waals surface area contributed by atoms with Crippen LogP contribution in [0.1, 0.15) is 0 Å². The molecule has 0 radical (unpaired) electrons. The Morgan fingerprint density at radius 1 is 0.382 bits per heavy atom. The van der Waals surface area contributed by atoms with Crippen molar-refractivity contribution < 1.29 is 4.42 Å². The fourth-order valence-electron chi connectivity index (χ4n) is 8.44. The molecule has 11 rings (SSSR count). The summed E-state index contributed by atoms with van der Waals surface area (Å²) < 4.78 is 8.60. The van der Waals surface area contributed by atoms with E-state index in [1.807, 2.05) is 12.1 Å². The topological polar surface area (TPSA) is 21.3 Å². The lowest BCUT2D eigenvalue weighted by Gasteiger charge is -2.28. The number of furan rings is 1. The average molecular weight is 703 g/mol. The number of para-hydroxylation sites is 4. The average Bonchev–Trinajstić information content (AvgIpc) is 3.81. The van der Waals surface area contributed by atoms with Gasteiger partial charge in [0.05, 0.1) is 16.7 Å². The number of benzene rings is 9. The van der Waals surface area contributed by atoms with E-state index in [0.717, 1.165) is 50.4 Å². The molecule has 0 bridgehead atoms. The lowest BCUT2D eigenvalue weighted by molar-refractivity contribution is 0.669. The molecule has 0 amide bonds. The van der Waals surface area contributed by atoms with Gasteiger partial charge in [-0.2, -0.15) is 0 Å². The molecular formula is C52H34N2O. The van der Waals surface area contributed by atoms with E-state index in [4.69, 9.17) is 4.42 Å². The Kier molecular flexibility index (Phi) is 7.17. The van der Waals surface area contributed by atoms with Gasteiger partial charge >= 0.3 is 0 Å². The van der Waals surface area contributed by atoms with Crippen LogP contribution in [0, 0.1) is 0 Å². The van der Waals surface area contributed by atoms with Crippen molar-refractivity contribution in [2.45, 2.75) is 0 Å². The number of aromatic nitrogens is 1. The smallest absolute Gasteiger partial charge is 0.136 e. The number of fused-ring (bicyclic) bond motifs is 8. The Hall–Kier alpha value is -7.36. The first-order valence-electron chi connectivity index (χ1n) is 18.8. The molecule has 3 heteroatoms. The molecule has 0 fully saturated rings. The maximum atomic E-state index is 6.19. The van der Waals surface area contributed by atoms with Crippen LogP contribution in [-0.2, 0) is 0 Å². The summed E-state index contributed by atoms with van der Waals surface area (Å²) in [7, 11) is 0. The van der Waals surface area contributed by atoms with E-state index < -0.39 is 0 Å². The van der Waals surface area contributed by atoms with Gasteiger partial charge in [0.1, 0.15) is 11.2 Å². The summed E-state index contributed by atoms with van der Waals surface area (Å²) in [6, 6.07) is 74.0. The third kappa shape index (κ3) is 5.13. The van der Waals surface area contributed by atoms with E-state index in [-0.39, 0.29) is 0 Å². The van der Waals surface area contributed by atoms with Crippen LogP contribution in [0.5, 0.6) is 0 Å². The van der Waals surface area contributed by atoms with Crippen LogP contribution in [0.2, 0.25) is 0 Å². The quantitative estimate of drug-likeness (QED) is 0.172. The van der Waals surface area contributed by atoms with Crippen LogP contribution >= 0.6 is 0 Å². The van der Waals surface area contributed by atoms with Crippen molar-refractivity contribution >= 4 is 71.6 Å². The molecule has 2 heterocycles. The van der Waals surface area contributed by atoms with Gasteiger partial charge in [-0.25, -0.2) is 0 Å². The first-order valence-corrected chi connectivity index (χ1v) is 18.8. The highest BCUT2D eigenvalue weighted by molar-refractivity contribution is 6.19. The third-order valence-corrected chi connectivity index (χ3v) is 11.0. The fraction of sp³-hybridized carbons (Fsp3) is 0. The summed E-state index contributed by atoms with van der Waals surface area (Å²) >= 11 is 0. The van der Waals surface area contributed by atoms with Crippen LogP contribution in [0.3, 0.4) is 0 Å². The van der Waals surface area contributed by atoms with Crippen molar-refractivity contribution in [2.75, 3.05) is 4.90 Å². The molecule has 11 aromatic rings. The van der Waals surface area contributed by atoms with Gasteiger partial charge in [0, 0.05) is 38.6 Å². The van der Waals surface area contributed by atoms with Gasteiger partial charge in [-0.05, 0) is 99.8 Å². The molecule has 0 unspecified atom stereocenters. The first-order chi connectivity index (χ1) is 27.3. The maximum absolute atomic E-state index is 6.19. The van der Waals surface area contributed by atoms with Gasteiger partial charge in [-0.3, -0.25) is 0 Å². The molecule has 0 aliphatic heterocycles. The maximum Gasteiger partial charge on any atom is 0.136 e. The van der Waals surface area contributed by atoms with Crippen LogP contribution in [-0.4, -0.2) is 4.57 Å². The Bertz CT molecular complexity index is 3190. The van der Waals surface area contributed by atoms with Crippen molar-refractivity contribution in [3.63, 3.8) is 0 Å². The third-order valence-electron chi connectivity index (χ3n) is 11.0. The van der Waals surface area contributed by atoms with Crippen LogP contribution in [0.15, 0.2) is 211 Å². The molecule has 0 saturated carbocycles. The Morgan fingerprint density at radius 3 is 1.89 bits per heavy atom. The van der Waals surface area contributed by atoms with Gasteiger partial charge in [-0.1, -0.05) is 140 Å². The second-order valence-electron chi connectivity index (χ2n) is 14.1. The van der Waals surface area contributed by atoms with Gasteiger partial charge in [0.25, 0.3) is 0 Å². The zero-order chi connectivity index (χ0) is 36.3. The van der Waals surface area contributed by atoms with E-state index in [2.05, 4.69) is 204 Å². The highest BCUT2D eigenvalue weighted by atomic mass is 16.3. The summed E-state index contributed by atoms with van der Waals surface area (Å²) in [5, 5.41) is 7.17. The van der Waals surface area contributed by atoms with Crippen LogP contribution in [0.4, 0.5) is 17.1 Å². The highest BCUT2D eigenvalue weighted by Crippen LogP contribution is 2.44. The molecular weight excluding hydrogens is 669 g/mol. The van der Waals surface area contributed by atoms with Crippen molar-refractivity contribution in [1.29, 1.82) is 0 Å². The largest absolute Gasteiger partial charge is 0.456 e. The number of hydrogen-bond acceptors (Lipinski definition) is 2. The predicted octanol–water partition coefficient (Wildman–Crippen LogP) is 14.6. The van der Waals surface area contributed by atoms with Gasteiger partial charge in [0.15, 0.2) is 0 Å². The molecule has 0 saturated heterocycles. The van der Waals surface area contributed by atoms with Crippen molar-refractivity contribution in [3.8, 4) is 27.9 Å². The second-order valence-corrected chi connectivity index (χ2v) is 14.1. The molecule has 0 atom stereocenters. The van der Waals surface area contributed by atoms with Crippen molar-refractivity contribution in [1.82, 2.24) is 4.57 Å². The molecule has 3 nitrogen and oxygen atoms in total. The van der Waals surface area contributed by atoms with Crippen molar-refractivity contribution in [3.05, 3.63) is 206 Å². The zero-order valence-electron chi connectivity index (χ0n) is 29.9. The van der Waals surface area contributed by atoms with Crippen LogP contribution < -0.4 is 4.90 Å². The van der Waals surface area contributed by atoms with Crippen molar-refractivity contribution in [2.24, 2.45) is 0 Å². The predicted molar refractivity (Wildman–Crippen MR) is 231 cm³/mol. The normalized spacial score (nSPS) is 11.6. The number of anilines is 3. The summed E-state index contributed by atoms with van der Waals surface area (Å²) in [4.78, 5) is 2.41. The summed E-state index contributed by atoms with van der Waals surface area (Å²) in [6.45, 7) is 0. The molecule has 55 heavy (non-hydrogen) atoms.